The van der Waals surface area contributed by atoms with E-state index in [9.17, 15) is 14.0 Å². The minimum absolute atomic E-state index is 0.0322. The zero-order valence-corrected chi connectivity index (χ0v) is 16.9. The summed E-state index contributed by atoms with van der Waals surface area (Å²) in [6, 6.07) is 11.3. The fourth-order valence-corrected chi connectivity index (χ4v) is 3.67. The molecule has 4 nitrogen and oxygen atoms in total. The highest BCUT2D eigenvalue weighted by atomic mass is 35.5. The molecule has 0 saturated carbocycles. The molecule has 0 aliphatic heterocycles. The second-order valence-electron chi connectivity index (χ2n) is 5.80. The fourth-order valence-electron chi connectivity index (χ4n) is 2.50. The molecule has 0 bridgehead atoms. The second kappa shape index (κ2) is 10.3. The number of rotatable bonds is 8. The lowest BCUT2D eigenvalue weighted by Crippen LogP contribution is -2.30. The number of carbonyl (C=O) groups is 2. The molecule has 0 aromatic heterocycles. The smallest absolute Gasteiger partial charge is 0.253 e. The average Bonchev–Trinajstić information content (AvgIpc) is 2.65. The summed E-state index contributed by atoms with van der Waals surface area (Å²) in [7, 11) is 0. The lowest BCUT2D eigenvalue weighted by molar-refractivity contribution is -0.113. The van der Waals surface area contributed by atoms with E-state index in [0.717, 1.165) is 0 Å². The van der Waals surface area contributed by atoms with E-state index in [1.165, 1.54) is 17.8 Å². The summed E-state index contributed by atoms with van der Waals surface area (Å²) in [6.07, 6.45) is 0. The summed E-state index contributed by atoms with van der Waals surface area (Å²) in [4.78, 5) is 26.1. The summed E-state index contributed by atoms with van der Waals surface area (Å²) in [5.41, 5.74) is 1.59. The van der Waals surface area contributed by atoms with E-state index in [1.807, 2.05) is 13.8 Å². The van der Waals surface area contributed by atoms with Crippen molar-refractivity contribution in [3.05, 3.63) is 64.4 Å². The van der Waals surface area contributed by atoms with Crippen molar-refractivity contribution in [1.82, 2.24) is 4.90 Å². The van der Waals surface area contributed by atoms with Crippen LogP contribution >= 0.6 is 23.4 Å². The largest absolute Gasteiger partial charge is 0.339 e. The zero-order chi connectivity index (χ0) is 19.8. The van der Waals surface area contributed by atoms with Gasteiger partial charge in [0.25, 0.3) is 5.91 Å². The second-order valence-corrected chi connectivity index (χ2v) is 7.19. The average molecular weight is 409 g/mol. The molecule has 0 unspecified atom stereocenters. The van der Waals surface area contributed by atoms with Gasteiger partial charge >= 0.3 is 0 Å². The molecule has 0 heterocycles. The van der Waals surface area contributed by atoms with Crippen molar-refractivity contribution in [3.8, 4) is 0 Å². The molecule has 0 spiro atoms. The fraction of sp³-hybridized carbons (Fsp3) is 0.300. The standard InChI is InChI=1S/C20H22ClFN2O2S/c1-3-24(4-2)20(26)14-8-10-15(11-9-14)23-19(25)13-27-12-16-17(21)6-5-7-18(16)22/h5-11H,3-4,12-13H2,1-2H3,(H,23,25). The minimum atomic E-state index is -0.371. The molecule has 2 aromatic carbocycles. The van der Waals surface area contributed by atoms with Crippen molar-refractivity contribution in [2.75, 3.05) is 24.2 Å². The van der Waals surface area contributed by atoms with Crippen molar-refractivity contribution in [3.63, 3.8) is 0 Å². The quantitative estimate of drug-likeness (QED) is 0.680. The Morgan fingerprint density at radius 3 is 2.37 bits per heavy atom. The van der Waals surface area contributed by atoms with Crippen LogP contribution in [-0.4, -0.2) is 35.6 Å². The molecular formula is C20H22ClFN2O2S. The van der Waals surface area contributed by atoms with Crippen molar-refractivity contribution in [2.24, 2.45) is 0 Å². The first-order valence-electron chi connectivity index (χ1n) is 8.66. The van der Waals surface area contributed by atoms with Gasteiger partial charge in [-0.25, -0.2) is 4.39 Å². The van der Waals surface area contributed by atoms with Crippen LogP contribution in [0.4, 0.5) is 10.1 Å². The van der Waals surface area contributed by atoms with Crippen LogP contribution in [0.3, 0.4) is 0 Å². The van der Waals surface area contributed by atoms with Crippen molar-refractivity contribution in [2.45, 2.75) is 19.6 Å². The van der Waals surface area contributed by atoms with Gasteiger partial charge in [0.1, 0.15) is 5.82 Å². The van der Waals surface area contributed by atoms with E-state index in [4.69, 9.17) is 11.6 Å². The van der Waals surface area contributed by atoms with Crippen molar-refractivity contribution >= 4 is 40.9 Å². The topological polar surface area (TPSA) is 49.4 Å². The molecule has 2 rings (SSSR count). The highest BCUT2D eigenvalue weighted by Crippen LogP contribution is 2.24. The maximum Gasteiger partial charge on any atom is 0.253 e. The van der Waals surface area contributed by atoms with Gasteiger partial charge in [-0.05, 0) is 50.2 Å². The minimum Gasteiger partial charge on any atom is -0.339 e. The number of halogens is 2. The summed E-state index contributed by atoms with van der Waals surface area (Å²) >= 11 is 7.26. The lowest BCUT2D eigenvalue weighted by Gasteiger charge is -2.18. The van der Waals surface area contributed by atoms with Gasteiger partial charge in [-0.15, -0.1) is 11.8 Å². The van der Waals surface area contributed by atoms with E-state index in [0.29, 0.717) is 40.7 Å². The van der Waals surface area contributed by atoms with Crippen LogP contribution in [0.25, 0.3) is 0 Å². The third kappa shape index (κ3) is 5.97. The summed E-state index contributed by atoms with van der Waals surface area (Å²) in [6.45, 7) is 5.17. The molecule has 0 saturated heterocycles. The number of thioether (sulfide) groups is 1. The molecule has 2 aromatic rings. The van der Waals surface area contributed by atoms with Crippen LogP contribution in [0.1, 0.15) is 29.8 Å². The highest BCUT2D eigenvalue weighted by molar-refractivity contribution is 7.99. The zero-order valence-electron chi connectivity index (χ0n) is 15.3. The van der Waals surface area contributed by atoms with Crippen LogP contribution in [0.5, 0.6) is 0 Å². The number of nitrogens with one attached hydrogen (secondary N) is 1. The van der Waals surface area contributed by atoms with E-state index in [-0.39, 0.29) is 23.4 Å². The molecule has 0 atom stereocenters. The lowest BCUT2D eigenvalue weighted by atomic mass is 10.2. The highest BCUT2D eigenvalue weighted by Gasteiger charge is 2.13. The van der Waals surface area contributed by atoms with Crippen LogP contribution in [-0.2, 0) is 10.5 Å². The molecule has 7 heteroatoms. The Balaban J connectivity index is 1.86. The maximum atomic E-state index is 13.7. The van der Waals surface area contributed by atoms with E-state index in [2.05, 4.69) is 5.32 Å². The van der Waals surface area contributed by atoms with Gasteiger partial charge in [-0.1, -0.05) is 17.7 Å². The maximum absolute atomic E-state index is 13.7. The third-order valence-electron chi connectivity index (χ3n) is 4.01. The summed E-state index contributed by atoms with van der Waals surface area (Å²) in [5, 5.41) is 3.13. The van der Waals surface area contributed by atoms with Gasteiger partial charge in [0.15, 0.2) is 0 Å². The summed E-state index contributed by atoms with van der Waals surface area (Å²) < 4.78 is 13.7. The molecular weight excluding hydrogens is 387 g/mol. The Morgan fingerprint density at radius 1 is 1.11 bits per heavy atom. The van der Waals surface area contributed by atoms with Gasteiger partial charge in [0.05, 0.1) is 5.75 Å². The van der Waals surface area contributed by atoms with Crippen LogP contribution in [0.15, 0.2) is 42.5 Å². The Kier molecular flexibility index (Phi) is 8.13. The molecule has 27 heavy (non-hydrogen) atoms. The molecule has 144 valence electrons. The van der Waals surface area contributed by atoms with Crippen LogP contribution in [0.2, 0.25) is 5.02 Å². The number of hydrogen-bond acceptors (Lipinski definition) is 3. The van der Waals surface area contributed by atoms with E-state index >= 15 is 0 Å². The predicted molar refractivity (Wildman–Crippen MR) is 110 cm³/mol. The normalized spacial score (nSPS) is 10.5. The van der Waals surface area contributed by atoms with E-state index in [1.54, 1.807) is 41.3 Å². The Morgan fingerprint density at radius 2 is 1.78 bits per heavy atom. The van der Waals surface area contributed by atoms with Gasteiger partial charge in [0.2, 0.25) is 5.91 Å². The Hall–Kier alpha value is -2.05. The van der Waals surface area contributed by atoms with Gasteiger partial charge < -0.3 is 10.2 Å². The molecule has 0 radical (unpaired) electrons. The SMILES string of the molecule is CCN(CC)C(=O)c1ccc(NC(=O)CSCc2c(F)cccc2Cl)cc1. The van der Waals surface area contributed by atoms with Gasteiger partial charge in [-0.2, -0.15) is 0 Å². The van der Waals surface area contributed by atoms with E-state index < -0.39 is 0 Å². The number of carbonyl (C=O) groups excluding carboxylic acids is 2. The van der Waals surface area contributed by atoms with Gasteiger partial charge in [0, 0.05) is 40.7 Å². The van der Waals surface area contributed by atoms with Gasteiger partial charge in [-0.3, -0.25) is 9.59 Å². The molecule has 1 N–H and O–H groups in total. The number of benzene rings is 2. The Labute approximate surface area is 168 Å². The van der Waals surface area contributed by atoms with Crippen LogP contribution in [0, 0.1) is 5.82 Å². The summed E-state index contributed by atoms with van der Waals surface area (Å²) in [5.74, 6) is -0.115. The molecule has 0 fully saturated rings. The monoisotopic (exact) mass is 408 g/mol. The first kappa shape index (κ1) is 21.3. The number of nitrogens with zero attached hydrogens (tertiary/aromatic N) is 1. The first-order chi connectivity index (χ1) is 13.0. The molecule has 0 aliphatic rings. The number of anilines is 1. The molecule has 0 aliphatic carbocycles. The predicted octanol–water partition coefficient (Wildman–Crippen LogP) is 4.83. The Bertz CT molecular complexity index is 775. The number of amides is 2. The third-order valence-corrected chi connectivity index (χ3v) is 5.32. The van der Waals surface area contributed by atoms with Crippen LogP contribution < -0.4 is 5.32 Å². The van der Waals surface area contributed by atoms with Crippen molar-refractivity contribution < 1.29 is 14.0 Å². The number of hydrogen-bond donors (Lipinski definition) is 1. The first-order valence-corrected chi connectivity index (χ1v) is 10.2. The van der Waals surface area contributed by atoms with Crippen molar-refractivity contribution in [1.29, 1.82) is 0 Å². The molecule has 2 amide bonds.